The second-order valence-corrected chi connectivity index (χ2v) is 5.57. The first-order valence-electron chi connectivity index (χ1n) is 6.02. The molecule has 0 spiro atoms. The van der Waals surface area contributed by atoms with E-state index in [4.69, 9.17) is 45.3 Å². The summed E-state index contributed by atoms with van der Waals surface area (Å²) in [5.74, 6) is 0.957. The van der Waals surface area contributed by atoms with E-state index in [9.17, 15) is 0 Å². The number of fused-ring (bicyclic) bond motifs is 1. The van der Waals surface area contributed by atoms with Crippen LogP contribution in [-0.4, -0.2) is 4.98 Å². The highest BCUT2D eigenvalue weighted by atomic mass is 35.5. The second kappa shape index (κ2) is 5.60. The van der Waals surface area contributed by atoms with Gasteiger partial charge in [-0.05, 0) is 30.3 Å². The molecule has 3 nitrogen and oxygen atoms in total. The normalized spacial score (nSPS) is 10.8. The van der Waals surface area contributed by atoms with Crippen LogP contribution in [0, 0.1) is 0 Å². The van der Waals surface area contributed by atoms with Crippen LogP contribution < -0.4 is 10.5 Å². The van der Waals surface area contributed by atoms with Gasteiger partial charge in [-0.3, -0.25) is 4.98 Å². The number of pyridine rings is 1. The lowest BCUT2D eigenvalue weighted by molar-refractivity contribution is 0.489. The van der Waals surface area contributed by atoms with Gasteiger partial charge in [-0.15, -0.1) is 0 Å². The van der Waals surface area contributed by atoms with Crippen molar-refractivity contribution in [1.29, 1.82) is 0 Å². The van der Waals surface area contributed by atoms with Gasteiger partial charge in [-0.2, -0.15) is 0 Å². The fraction of sp³-hybridized carbons (Fsp3) is 0. The van der Waals surface area contributed by atoms with Crippen LogP contribution in [0.1, 0.15) is 0 Å². The Labute approximate surface area is 136 Å². The molecule has 0 aliphatic heterocycles. The average molecular weight is 340 g/mol. The molecule has 0 unspecified atom stereocenters. The van der Waals surface area contributed by atoms with Crippen molar-refractivity contribution >= 4 is 51.4 Å². The molecule has 1 heterocycles. The minimum atomic E-state index is 0.368. The Morgan fingerprint density at radius 2 is 1.67 bits per heavy atom. The smallest absolute Gasteiger partial charge is 0.153 e. The molecule has 0 aliphatic rings. The highest BCUT2D eigenvalue weighted by Gasteiger charge is 2.11. The first kappa shape index (κ1) is 14.3. The van der Waals surface area contributed by atoms with Gasteiger partial charge < -0.3 is 10.5 Å². The molecule has 0 saturated heterocycles. The molecule has 3 rings (SSSR count). The van der Waals surface area contributed by atoms with Crippen molar-refractivity contribution in [3.8, 4) is 11.5 Å². The largest absolute Gasteiger partial charge is 0.453 e. The lowest BCUT2D eigenvalue weighted by Gasteiger charge is -2.12. The van der Waals surface area contributed by atoms with Crippen LogP contribution in [0.3, 0.4) is 0 Å². The summed E-state index contributed by atoms with van der Waals surface area (Å²) in [6.07, 6.45) is 1.67. The van der Waals surface area contributed by atoms with Gasteiger partial charge >= 0.3 is 0 Å². The highest BCUT2D eigenvalue weighted by molar-refractivity contribution is 6.42. The molecule has 0 bridgehead atoms. The number of halogens is 3. The van der Waals surface area contributed by atoms with E-state index in [0.29, 0.717) is 37.8 Å². The summed E-state index contributed by atoms with van der Waals surface area (Å²) in [4.78, 5) is 4.30. The molecule has 0 radical (unpaired) electrons. The van der Waals surface area contributed by atoms with Gasteiger partial charge in [-0.25, -0.2) is 0 Å². The fourth-order valence-corrected chi connectivity index (χ4v) is 2.49. The van der Waals surface area contributed by atoms with E-state index in [2.05, 4.69) is 4.98 Å². The number of anilines is 1. The van der Waals surface area contributed by atoms with Crippen molar-refractivity contribution in [2.24, 2.45) is 0 Å². The number of hydrogen-bond acceptors (Lipinski definition) is 3. The summed E-state index contributed by atoms with van der Waals surface area (Å²) in [7, 11) is 0. The molecule has 1 aromatic heterocycles. The number of hydrogen-bond donors (Lipinski definition) is 1. The molecule has 0 aliphatic carbocycles. The van der Waals surface area contributed by atoms with Crippen LogP contribution in [0.25, 0.3) is 10.9 Å². The molecular weight excluding hydrogens is 331 g/mol. The number of aromatic nitrogens is 1. The van der Waals surface area contributed by atoms with Crippen LogP contribution >= 0.6 is 34.8 Å². The van der Waals surface area contributed by atoms with Crippen molar-refractivity contribution in [2.75, 3.05) is 5.73 Å². The van der Waals surface area contributed by atoms with Gasteiger partial charge in [0, 0.05) is 17.6 Å². The zero-order chi connectivity index (χ0) is 15.0. The minimum absolute atomic E-state index is 0.368. The predicted octanol–water partition coefficient (Wildman–Crippen LogP) is 5.57. The first-order valence-corrected chi connectivity index (χ1v) is 7.15. The Hall–Kier alpha value is -1.68. The number of nitrogen functional groups attached to an aromatic ring is 1. The highest BCUT2D eigenvalue weighted by Crippen LogP contribution is 2.38. The summed E-state index contributed by atoms with van der Waals surface area (Å²) < 4.78 is 5.82. The molecule has 2 N–H and O–H groups in total. The van der Waals surface area contributed by atoms with Crippen LogP contribution in [0.2, 0.25) is 15.1 Å². The maximum atomic E-state index is 6.15. The lowest BCUT2D eigenvalue weighted by atomic mass is 10.2. The maximum absolute atomic E-state index is 6.15. The number of nitrogens with two attached hydrogens (primary N) is 1. The van der Waals surface area contributed by atoms with Gasteiger partial charge in [0.2, 0.25) is 0 Å². The van der Waals surface area contributed by atoms with Gasteiger partial charge in [0.15, 0.2) is 11.5 Å². The zero-order valence-corrected chi connectivity index (χ0v) is 12.9. The first-order chi connectivity index (χ1) is 10.1. The molecule has 6 heteroatoms. The van der Waals surface area contributed by atoms with Gasteiger partial charge in [0.1, 0.15) is 5.52 Å². The van der Waals surface area contributed by atoms with E-state index in [0.717, 1.165) is 5.39 Å². The molecule has 2 aromatic carbocycles. The van der Waals surface area contributed by atoms with Crippen LogP contribution in [0.5, 0.6) is 11.5 Å². The summed E-state index contributed by atoms with van der Waals surface area (Å²) in [5.41, 5.74) is 6.94. The predicted molar refractivity (Wildman–Crippen MR) is 87.7 cm³/mol. The summed E-state index contributed by atoms with van der Waals surface area (Å²) >= 11 is 18.0. The van der Waals surface area contributed by atoms with E-state index in [1.165, 1.54) is 0 Å². The SMILES string of the molecule is Nc1cc(Cl)c(Cl)cc1Oc1ccc(Cl)c2cccnc12. The fourth-order valence-electron chi connectivity index (χ4n) is 1.95. The summed E-state index contributed by atoms with van der Waals surface area (Å²) in [6, 6.07) is 10.3. The Balaban J connectivity index is 2.11. The molecule has 106 valence electrons. The summed E-state index contributed by atoms with van der Waals surface area (Å²) in [6.45, 7) is 0. The topological polar surface area (TPSA) is 48.1 Å². The number of ether oxygens (including phenoxy) is 1. The molecule has 21 heavy (non-hydrogen) atoms. The van der Waals surface area contributed by atoms with Crippen molar-refractivity contribution in [3.05, 3.63) is 57.7 Å². The van der Waals surface area contributed by atoms with E-state index in [-0.39, 0.29) is 0 Å². The van der Waals surface area contributed by atoms with E-state index in [1.807, 2.05) is 12.1 Å². The van der Waals surface area contributed by atoms with Crippen LogP contribution in [-0.2, 0) is 0 Å². The molecule has 0 atom stereocenters. The van der Waals surface area contributed by atoms with Gasteiger partial charge in [0.25, 0.3) is 0 Å². The Kier molecular flexibility index (Phi) is 3.81. The second-order valence-electron chi connectivity index (χ2n) is 4.35. The molecule has 0 saturated carbocycles. The zero-order valence-electron chi connectivity index (χ0n) is 10.6. The van der Waals surface area contributed by atoms with Crippen molar-refractivity contribution in [3.63, 3.8) is 0 Å². The third-order valence-corrected chi connectivity index (χ3v) is 4.00. The van der Waals surface area contributed by atoms with Gasteiger partial charge in [0.05, 0.1) is 20.8 Å². The van der Waals surface area contributed by atoms with Crippen molar-refractivity contribution < 1.29 is 4.74 Å². The van der Waals surface area contributed by atoms with Crippen LogP contribution in [0.15, 0.2) is 42.6 Å². The van der Waals surface area contributed by atoms with Crippen molar-refractivity contribution in [1.82, 2.24) is 4.98 Å². The Morgan fingerprint density at radius 1 is 0.905 bits per heavy atom. The van der Waals surface area contributed by atoms with Crippen LogP contribution in [0.4, 0.5) is 5.69 Å². The summed E-state index contributed by atoms with van der Waals surface area (Å²) in [5, 5.41) is 2.15. The monoisotopic (exact) mass is 338 g/mol. The maximum Gasteiger partial charge on any atom is 0.153 e. The lowest BCUT2D eigenvalue weighted by Crippen LogP contribution is -1.94. The third-order valence-electron chi connectivity index (χ3n) is 2.95. The number of benzene rings is 2. The number of nitrogens with zero attached hydrogens (tertiary/aromatic N) is 1. The number of rotatable bonds is 2. The quantitative estimate of drug-likeness (QED) is 0.621. The Morgan fingerprint density at radius 3 is 2.48 bits per heavy atom. The molecular formula is C15H9Cl3N2O. The minimum Gasteiger partial charge on any atom is -0.453 e. The molecule has 3 aromatic rings. The van der Waals surface area contributed by atoms with Gasteiger partial charge in [-0.1, -0.05) is 34.8 Å². The molecule has 0 fully saturated rings. The standard InChI is InChI=1S/C15H9Cl3N2O/c16-9-3-4-13(15-8(9)2-1-5-20-15)21-14-7-11(18)10(17)6-12(14)19/h1-7H,19H2. The van der Waals surface area contributed by atoms with E-state index in [1.54, 1.807) is 30.5 Å². The van der Waals surface area contributed by atoms with E-state index < -0.39 is 0 Å². The third kappa shape index (κ3) is 2.72. The Bertz CT molecular complexity index is 837. The average Bonchev–Trinajstić information content (AvgIpc) is 2.48. The molecule has 0 amide bonds. The van der Waals surface area contributed by atoms with E-state index >= 15 is 0 Å². The van der Waals surface area contributed by atoms with Crippen molar-refractivity contribution in [2.45, 2.75) is 0 Å².